The van der Waals surface area contributed by atoms with E-state index < -0.39 is 5.60 Å². The summed E-state index contributed by atoms with van der Waals surface area (Å²) >= 11 is 3.43. The van der Waals surface area contributed by atoms with Crippen LogP contribution in [0.1, 0.15) is 25.3 Å². The molecule has 0 bridgehead atoms. The van der Waals surface area contributed by atoms with E-state index in [4.69, 9.17) is 4.74 Å². The normalized spacial score (nSPS) is 18.6. The molecular weight excluding hydrogens is 294 g/mol. The Bertz CT molecular complexity index is 391. The lowest BCUT2D eigenvalue weighted by Gasteiger charge is -2.23. The second-order valence-electron chi connectivity index (χ2n) is 5.27. The van der Waals surface area contributed by atoms with Gasteiger partial charge in [-0.2, -0.15) is 0 Å². The smallest absolute Gasteiger partial charge is 0.0975 e. The van der Waals surface area contributed by atoms with Crippen molar-refractivity contribution in [2.45, 2.75) is 38.0 Å². The number of aliphatic hydroxyl groups is 1. The Morgan fingerprint density at radius 1 is 1.50 bits per heavy atom. The molecule has 3 nitrogen and oxygen atoms in total. The zero-order valence-electron chi connectivity index (χ0n) is 10.7. The van der Waals surface area contributed by atoms with E-state index in [1.54, 1.807) is 0 Å². The highest BCUT2D eigenvalue weighted by Gasteiger charge is 2.26. The third kappa shape index (κ3) is 5.06. The zero-order chi connectivity index (χ0) is 13.0. The Morgan fingerprint density at radius 3 is 2.94 bits per heavy atom. The van der Waals surface area contributed by atoms with Crippen LogP contribution in [0.3, 0.4) is 0 Å². The number of hydrogen-bond donors (Lipinski definition) is 2. The fraction of sp³-hybridized carbons (Fsp3) is 0.571. The zero-order valence-corrected chi connectivity index (χ0v) is 12.2. The lowest BCUT2D eigenvalue weighted by molar-refractivity contribution is -0.0382. The van der Waals surface area contributed by atoms with Gasteiger partial charge in [0, 0.05) is 17.1 Å². The standard InChI is InChI=1S/C14H20BrNO2/c1-14(17,9-16-13-5-6-13)10-18-8-11-3-2-4-12(15)7-11/h2-4,7,13,16-17H,5-6,8-10H2,1H3. The highest BCUT2D eigenvalue weighted by atomic mass is 79.9. The minimum Gasteiger partial charge on any atom is -0.386 e. The minimum absolute atomic E-state index is 0.346. The van der Waals surface area contributed by atoms with Gasteiger partial charge in [-0.3, -0.25) is 0 Å². The van der Waals surface area contributed by atoms with Crippen LogP contribution in [0.2, 0.25) is 0 Å². The van der Waals surface area contributed by atoms with Gasteiger partial charge in [-0.15, -0.1) is 0 Å². The third-order valence-electron chi connectivity index (χ3n) is 2.92. The Labute approximate surface area is 117 Å². The molecule has 1 aromatic rings. The van der Waals surface area contributed by atoms with E-state index in [0.29, 0.717) is 25.8 Å². The highest BCUT2D eigenvalue weighted by Crippen LogP contribution is 2.19. The van der Waals surface area contributed by atoms with Crippen LogP contribution < -0.4 is 5.32 Å². The molecule has 2 rings (SSSR count). The predicted molar refractivity (Wildman–Crippen MR) is 75.4 cm³/mol. The lowest BCUT2D eigenvalue weighted by atomic mass is 10.1. The second-order valence-corrected chi connectivity index (χ2v) is 6.19. The molecule has 1 unspecified atom stereocenters. The van der Waals surface area contributed by atoms with Crippen molar-refractivity contribution in [3.8, 4) is 0 Å². The molecule has 0 amide bonds. The van der Waals surface area contributed by atoms with Gasteiger partial charge < -0.3 is 15.2 Å². The summed E-state index contributed by atoms with van der Waals surface area (Å²) in [4.78, 5) is 0. The number of rotatable bonds is 7. The molecular formula is C14H20BrNO2. The van der Waals surface area contributed by atoms with E-state index in [9.17, 15) is 5.11 Å². The van der Waals surface area contributed by atoms with E-state index in [1.807, 2.05) is 31.2 Å². The summed E-state index contributed by atoms with van der Waals surface area (Å²) in [6.07, 6.45) is 2.46. The van der Waals surface area contributed by atoms with Crippen molar-refractivity contribution in [1.82, 2.24) is 5.32 Å². The number of hydrogen-bond acceptors (Lipinski definition) is 3. The average Bonchev–Trinajstić information content (AvgIpc) is 3.10. The topological polar surface area (TPSA) is 41.5 Å². The van der Waals surface area contributed by atoms with Crippen molar-refractivity contribution in [2.24, 2.45) is 0 Å². The van der Waals surface area contributed by atoms with Gasteiger partial charge in [0.05, 0.1) is 18.8 Å². The summed E-state index contributed by atoms with van der Waals surface area (Å²) in [5, 5.41) is 13.4. The van der Waals surface area contributed by atoms with Crippen LogP contribution in [0.25, 0.3) is 0 Å². The van der Waals surface area contributed by atoms with Crippen molar-refractivity contribution in [2.75, 3.05) is 13.2 Å². The second kappa shape index (κ2) is 6.15. The molecule has 0 radical (unpaired) electrons. The van der Waals surface area contributed by atoms with Gasteiger partial charge in [0.1, 0.15) is 0 Å². The molecule has 1 aliphatic rings. The van der Waals surface area contributed by atoms with Crippen LogP contribution in [0.5, 0.6) is 0 Å². The molecule has 4 heteroatoms. The quantitative estimate of drug-likeness (QED) is 0.812. The van der Waals surface area contributed by atoms with Crippen LogP contribution in [0.15, 0.2) is 28.7 Å². The molecule has 100 valence electrons. The van der Waals surface area contributed by atoms with Gasteiger partial charge in [0.25, 0.3) is 0 Å². The van der Waals surface area contributed by atoms with Crippen LogP contribution >= 0.6 is 15.9 Å². The molecule has 1 aliphatic carbocycles. The van der Waals surface area contributed by atoms with Crippen molar-refractivity contribution in [3.05, 3.63) is 34.3 Å². The first-order valence-corrected chi connectivity index (χ1v) is 7.12. The molecule has 1 saturated carbocycles. The highest BCUT2D eigenvalue weighted by molar-refractivity contribution is 9.10. The Balaban J connectivity index is 1.69. The first kappa shape index (κ1) is 14.0. The number of nitrogens with one attached hydrogen (secondary N) is 1. The van der Waals surface area contributed by atoms with Gasteiger partial charge in [-0.25, -0.2) is 0 Å². The molecule has 1 aromatic carbocycles. The van der Waals surface area contributed by atoms with Crippen molar-refractivity contribution < 1.29 is 9.84 Å². The first-order chi connectivity index (χ1) is 8.55. The molecule has 0 saturated heterocycles. The van der Waals surface area contributed by atoms with Crippen molar-refractivity contribution >= 4 is 15.9 Å². The van der Waals surface area contributed by atoms with Gasteiger partial charge in [-0.05, 0) is 37.5 Å². The molecule has 1 fully saturated rings. The fourth-order valence-electron chi connectivity index (χ4n) is 1.72. The molecule has 0 heterocycles. The summed E-state index contributed by atoms with van der Waals surface area (Å²) in [7, 11) is 0. The number of halogens is 1. The van der Waals surface area contributed by atoms with E-state index in [1.165, 1.54) is 12.8 Å². The monoisotopic (exact) mass is 313 g/mol. The van der Waals surface area contributed by atoms with Gasteiger partial charge in [0.15, 0.2) is 0 Å². The molecule has 0 spiro atoms. The van der Waals surface area contributed by atoms with E-state index >= 15 is 0 Å². The Hall–Kier alpha value is -0.420. The van der Waals surface area contributed by atoms with Crippen LogP contribution in [0.4, 0.5) is 0 Å². The summed E-state index contributed by atoms with van der Waals surface area (Å²) in [6.45, 7) is 3.28. The summed E-state index contributed by atoms with van der Waals surface area (Å²) in [6, 6.07) is 8.62. The molecule has 2 N–H and O–H groups in total. The first-order valence-electron chi connectivity index (χ1n) is 6.33. The minimum atomic E-state index is -0.797. The van der Waals surface area contributed by atoms with Gasteiger partial charge in [-0.1, -0.05) is 28.1 Å². The maximum Gasteiger partial charge on any atom is 0.0975 e. The number of ether oxygens (including phenoxy) is 1. The van der Waals surface area contributed by atoms with Gasteiger partial charge in [0.2, 0.25) is 0 Å². The van der Waals surface area contributed by atoms with Crippen LogP contribution in [-0.4, -0.2) is 29.9 Å². The van der Waals surface area contributed by atoms with Crippen molar-refractivity contribution in [1.29, 1.82) is 0 Å². The van der Waals surface area contributed by atoms with E-state index in [0.717, 1.165) is 10.0 Å². The van der Waals surface area contributed by atoms with Crippen LogP contribution in [-0.2, 0) is 11.3 Å². The number of benzene rings is 1. The van der Waals surface area contributed by atoms with E-state index in [-0.39, 0.29) is 0 Å². The molecule has 0 aromatic heterocycles. The average molecular weight is 314 g/mol. The third-order valence-corrected chi connectivity index (χ3v) is 3.41. The fourth-order valence-corrected chi connectivity index (χ4v) is 2.16. The largest absolute Gasteiger partial charge is 0.386 e. The Kier molecular flexibility index (Phi) is 4.78. The molecule has 1 atom stereocenters. The predicted octanol–water partition coefficient (Wildman–Crippen LogP) is 2.47. The Morgan fingerprint density at radius 2 is 2.28 bits per heavy atom. The molecule has 18 heavy (non-hydrogen) atoms. The van der Waals surface area contributed by atoms with Crippen LogP contribution in [0, 0.1) is 0 Å². The maximum absolute atomic E-state index is 10.1. The summed E-state index contributed by atoms with van der Waals surface area (Å²) in [5.41, 5.74) is 0.310. The maximum atomic E-state index is 10.1. The van der Waals surface area contributed by atoms with Crippen molar-refractivity contribution in [3.63, 3.8) is 0 Å². The SMILES string of the molecule is CC(O)(CNC1CC1)COCc1cccc(Br)c1. The van der Waals surface area contributed by atoms with E-state index in [2.05, 4.69) is 21.2 Å². The lowest BCUT2D eigenvalue weighted by Crippen LogP contribution is -2.42. The summed E-state index contributed by atoms with van der Waals surface area (Å²) < 4.78 is 6.63. The molecule has 0 aliphatic heterocycles. The van der Waals surface area contributed by atoms with Gasteiger partial charge >= 0.3 is 0 Å². The summed E-state index contributed by atoms with van der Waals surface area (Å²) in [5.74, 6) is 0.